The number of aryl methyl sites for hydroxylation is 3. The number of likely N-dealkylation sites (tertiary alicyclic amines) is 1. The second kappa shape index (κ2) is 11.0. The Balaban J connectivity index is 1.12. The predicted octanol–water partition coefficient (Wildman–Crippen LogP) is 4.69. The van der Waals surface area contributed by atoms with Crippen LogP contribution in [0.5, 0.6) is 5.75 Å². The van der Waals surface area contributed by atoms with Crippen molar-refractivity contribution in [2.24, 2.45) is 0 Å². The molecule has 2 aromatic rings. The number of rotatable bonds is 11. The summed E-state index contributed by atoms with van der Waals surface area (Å²) >= 11 is 0. The molecule has 1 saturated carbocycles. The number of para-hydroxylation sites is 1. The molecule has 0 unspecified atom stereocenters. The Labute approximate surface area is 206 Å². The Hall–Kier alpha value is -2.51. The van der Waals surface area contributed by atoms with Gasteiger partial charge >= 0.3 is 5.97 Å². The molecular formula is C28H35FN2O4. The molecule has 0 spiro atoms. The van der Waals surface area contributed by atoms with Crippen LogP contribution in [0.2, 0.25) is 0 Å². The van der Waals surface area contributed by atoms with Gasteiger partial charge in [-0.25, -0.2) is 4.39 Å². The lowest BCUT2D eigenvalue weighted by Crippen LogP contribution is -2.34. The summed E-state index contributed by atoms with van der Waals surface area (Å²) in [5.74, 6) is -0.416. The lowest BCUT2D eigenvalue weighted by Gasteiger charge is -2.26. The number of hydrogen-bond acceptors (Lipinski definition) is 5. The maximum Gasteiger partial charge on any atom is 0.325 e. The number of halogens is 1. The zero-order chi connectivity index (χ0) is 24.2. The molecule has 1 aromatic carbocycles. The molecule has 3 aliphatic rings. The van der Waals surface area contributed by atoms with Crippen molar-refractivity contribution in [3.8, 4) is 5.75 Å². The van der Waals surface area contributed by atoms with E-state index in [0.717, 1.165) is 50.6 Å². The molecule has 2 heterocycles. The summed E-state index contributed by atoms with van der Waals surface area (Å²) < 4.78 is 26.7. The Morgan fingerprint density at radius 1 is 1.11 bits per heavy atom. The first-order valence-corrected chi connectivity index (χ1v) is 13.0. The molecule has 0 radical (unpaired) electrons. The van der Waals surface area contributed by atoms with Crippen molar-refractivity contribution in [1.29, 1.82) is 0 Å². The lowest BCUT2D eigenvalue weighted by molar-refractivity contribution is -0.143. The SMILES string of the molecule is O=C(O)[C@@H](c1ccccc1OC1CC1)N1C[C@@H](F)[C@@H](OCCCCc2ccc3c(n2)CCCC3)C1. The zero-order valence-corrected chi connectivity index (χ0v) is 20.2. The normalized spacial score (nSPS) is 23.1. The topological polar surface area (TPSA) is 71.9 Å². The van der Waals surface area contributed by atoms with Gasteiger partial charge in [0, 0.05) is 36.6 Å². The zero-order valence-electron chi connectivity index (χ0n) is 20.2. The largest absolute Gasteiger partial charge is 0.490 e. The number of alkyl halides is 1. The first-order chi connectivity index (χ1) is 17.1. The molecule has 3 atom stereocenters. The number of aliphatic carboxylic acids is 1. The van der Waals surface area contributed by atoms with Crippen LogP contribution in [0.25, 0.3) is 0 Å². The van der Waals surface area contributed by atoms with E-state index in [9.17, 15) is 14.3 Å². The van der Waals surface area contributed by atoms with Crippen LogP contribution >= 0.6 is 0 Å². The van der Waals surface area contributed by atoms with Gasteiger partial charge in [0.05, 0.1) is 6.10 Å². The van der Waals surface area contributed by atoms with Crippen molar-refractivity contribution in [2.45, 2.75) is 82.2 Å². The highest BCUT2D eigenvalue weighted by atomic mass is 19.1. The molecular weight excluding hydrogens is 447 g/mol. The van der Waals surface area contributed by atoms with E-state index in [1.54, 1.807) is 23.1 Å². The van der Waals surface area contributed by atoms with Crippen molar-refractivity contribution >= 4 is 5.97 Å². The number of unbranched alkanes of at least 4 members (excludes halogenated alkanes) is 1. The van der Waals surface area contributed by atoms with Crippen LogP contribution in [-0.4, -0.2) is 59.0 Å². The fraction of sp³-hybridized carbons (Fsp3) is 0.571. The van der Waals surface area contributed by atoms with Gasteiger partial charge in [0.2, 0.25) is 0 Å². The highest BCUT2D eigenvalue weighted by molar-refractivity contribution is 5.77. The quantitative estimate of drug-likeness (QED) is 0.469. The summed E-state index contributed by atoms with van der Waals surface area (Å²) in [6, 6.07) is 10.6. The van der Waals surface area contributed by atoms with E-state index >= 15 is 0 Å². The van der Waals surface area contributed by atoms with Crippen molar-refractivity contribution in [2.75, 3.05) is 19.7 Å². The molecule has 2 aliphatic carbocycles. The van der Waals surface area contributed by atoms with Gasteiger partial charge in [0.15, 0.2) is 0 Å². The number of hydrogen-bond donors (Lipinski definition) is 1. The maximum atomic E-state index is 14.8. The second-order valence-corrected chi connectivity index (χ2v) is 10.0. The standard InChI is InChI=1S/C28H35FN2O4/c29-23-17-31(27(28(32)33)22-9-2-4-11-25(22)35-21-14-15-21)18-26(23)34-16-6-5-8-20-13-12-19-7-1-3-10-24(19)30-20/h2,4,9,11-13,21,23,26-27H,1,3,5-8,10,14-18H2,(H,32,33)/t23-,26+,27-/m1/s1. The molecule has 0 amide bonds. The van der Waals surface area contributed by atoms with E-state index in [0.29, 0.717) is 17.9 Å². The minimum atomic E-state index is -1.21. The Morgan fingerprint density at radius 3 is 2.77 bits per heavy atom. The lowest BCUT2D eigenvalue weighted by atomic mass is 9.95. The summed E-state index contributed by atoms with van der Waals surface area (Å²) in [5.41, 5.74) is 4.35. The Bertz CT molecular complexity index is 1030. The highest BCUT2D eigenvalue weighted by Gasteiger charge is 2.41. The second-order valence-electron chi connectivity index (χ2n) is 10.0. The van der Waals surface area contributed by atoms with E-state index in [-0.39, 0.29) is 19.2 Å². The fourth-order valence-electron chi connectivity index (χ4n) is 5.20. The average Bonchev–Trinajstić information content (AvgIpc) is 3.60. The summed E-state index contributed by atoms with van der Waals surface area (Å²) in [7, 11) is 0. The van der Waals surface area contributed by atoms with E-state index in [4.69, 9.17) is 14.5 Å². The molecule has 1 aromatic heterocycles. The number of ether oxygens (including phenoxy) is 2. The minimum Gasteiger partial charge on any atom is -0.490 e. The van der Waals surface area contributed by atoms with Crippen molar-refractivity contribution in [3.63, 3.8) is 0 Å². The fourth-order valence-corrected chi connectivity index (χ4v) is 5.20. The number of pyridine rings is 1. The molecule has 0 bridgehead atoms. The number of nitrogens with zero attached hydrogens (tertiary/aromatic N) is 2. The summed E-state index contributed by atoms with van der Waals surface area (Å²) in [5, 5.41) is 10.00. The third-order valence-corrected chi connectivity index (χ3v) is 7.25. The smallest absolute Gasteiger partial charge is 0.325 e. The van der Waals surface area contributed by atoms with Crippen LogP contribution in [0.15, 0.2) is 36.4 Å². The van der Waals surface area contributed by atoms with Gasteiger partial charge < -0.3 is 14.6 Å². The summed E-state index contributed by atoms with van der Waals surface area (Å²) in [4.78, 5) is 18.7. The van der Waals surface area contributed by atoms with Crippen molar-refractivity contribution < 1.29 is 23.8 Å². The van der Waals surface area contributed by atoms with Gasteiger partial charge in [-0.05, 0) is 75.5 Å². The molecule has 2 fully saturated rings. The van der Waals surface area contributed by atoms with Gasteiger partial charge in [-0.15, -0.1) is 0 Å². The number of benzene rings is 1. The van der Waals surface area contributed by atoms with Gasteiger partial charge in [0.1, 0.15) is 24.1 Å². The minimum absolute atomic E-state index is 0.0401. The van der Waals surface area contributed by atoms with Gasteiger partial charge in [-0.3, -0.25) is 14.7 Å². The number of aromatic nitrogens is 1. The molecule has 5 rings (SSSR count). The van der Waals surface area contributed by atoms with E-state index in [1.807, 2.05) is 6.07 Å². The van der Waals surface area contributed by atoms with Crippen LogP contribution in [0.1, 0.15) is 67.1 Å². The van der Waals surface area contributed by atoms with Crippen LogP contribution in [0, 0.1) is 0 Å². The number of carbonyl (C=O) groups is 1. The van der Waals surface area contributed by atoms with Crippen molar-refractivity contribution in [1.82, 2.24) is 9.88 Å². The third-order valence-electron chi connectivity index (χ3n) is 7.25. The van der Waals surface area contributed by atoms with Crippen molar-refractivity contribution in [3.05, 3.63) is 58.9 Å². The van der Waals surface area contributed by atoms with Crippen LogP contribution in [-0.2, 0) is 28.8 Å². The van der Waals surface area contributed by atoms with Crippen LogP contribution < -0.4 is 4.74 Å². The van der Waals surface area contributed by atoms with E-state index in [2.05, 4.69) is 12.1 Å². The Kier molecular flexibility index (Phi) is 7.63. The monoisotopic (exact) mass is 482 g/mol. The van der Waals surface area contributed by atoms with Gasteiger partial charge in [0.25, 0.3) is 0 Å². The first-order valence-electron chi connectivity index (χ1n) is 13.0. The molecule has 1 N–H and O–H groups in total. The Morgan fingerprint density at radius 2 is 1.94 bits per heavy atom. The molecule has 1 saturated heterocycles. The first kappa shape index (κ1) is 24.2. The summed E-state index contributed by atoms with van der Waals surface area (Å²) in [6.07, 6.45) is 7.66. The average molecular weight is 483 g/mol. The maximum absolute atomic E-state index is 14.8. The molecule has 188 valence electrons. The van der Waals surface area contributed by atoms with E-state index in [1.165, 1.54) is 24.1 Å². The van der Waals surface area contributed by atoms with Crippen LogP contribution in [0.3, 0.4) is 0 Å². The van der Waals surface area contributed by atoms with Gasteiger partial charge in [-0.2, -0.15) is 0 Å². The molecule has 6 nitrogen and oxygen atoms in total. The van der Waals surface area contributed by atoms with E-state index < -0.39 is 24.3 Å². The molecule has 35 heavy (non-hydrogen) atoms. The summed E-state index contributed by atoms with van der Waals surface area (Å²) in [6.45, 7) is 0.754. The number of carboxylic acid groups (broad SMARTS) is 1. The number of carboxylic acids is 1. The van der Waals surface area contributed by atoms with Gasteiger partial charge in [-0.1, -0.05) is 24.3 Å². The predicted molar refractivity (Wildman–Crippen MR) is 130 cm³/mol. The highest BCUT2D eigenvalue weighted by Crippen LogP contribution is 2.36. The molecule has 1 aliphatic heterocycles. The van der Waals surface area contributed by atoms with Crippen LogP contribution in [0.4, 0.5) is 4.39 Å². The molecule has 7 heteroatoms. The third kappa shape index (κ3) is 6.01. The number of fused-ring (bicyclic) bond motifs is 1.